The number of hydrogen-bond donors (Lipinski definition) is 2. The van der Waals surface area contributed by atoms with Crippen LogP contribution in [0.3, 0.4) is 0 Å². The molecule has 0 bridgehead atoms. The van der Waals surface area contributed by atoms with Crippen LogP contribution in [0.25, 0.3) is 6.08 Å². The van der Waals surface area contributed by atoms with Crippen molar-refractivity contribution in [1.82, 2.24) is 5.32 Å². The molecule has 0 aliphatic carbocycles. The molecule has 1 fully saturated rings. The number of imide groups is 1. The molecule has 1 aliphatic heterocycles. The monoisotopic (exact) mass is 371 g/mol. The minimum atomic E-state index is -0.572. The van der Waals surface area contributed by atoms with E-state index < -0.39 is 17.8 Å². The summed E-state index contributed by atoms with van der Waals surface area (Å²) < 4.78 is 5.16. The van der Waals surface area contributed by atoms with E-state index in [1.807, 2.05) is 0 Å². The molecule has 0 spiro atoms. The molecule has 2 aromatic carbocycles. The molecule has 26 heavy (non-hydrogen) atoms. The van der Waals surface area contributed by atoms with Gasteiger partial charge in [0.2, 0.25) is 0 Å². The van der Waals surface area contributed by atoms with Crippen LogP contribution in [0.1, 0.15) is 5.56 Å². The smallest absolute Gasteiger partial charge is 0.333 e. The number of nitrogens with one attached hydrogen (secondary N) is 1. The number of halogens is 1. The molecule has 1 heterocycles. The second-order valence-corrected chi connectivity index (χ2v) is 5.87. The van der Waals surface area contributed by atoms with Crippen molar-refractivity contribution in [1.29, 1.82) is 0 Å². The summed E-state index contributed by atoms with van der Waals surface area (Å²) in [5, 5.41) is 3.05. The fraction of sp³-hybridized carbons (Fsp3) is 0.0556. The third kappa shape index (κ3) is 3.84. The number of ether oxygens (including phenoxy) is 1. The standard InChI is InChI=1S/C18H14ClN3O4/c19-12-3-5-13(6-4-12)22-17(24)15(21-18(22)25)9-11-1-7-14(8-2-11)26-10-16(20)23/h1-9H,10H2,(H2,20,23)(H,21,25)/b15-9+. The van der Waals surface area contributed by atoms with E-state index in [0.29, 0.717) is 22.0 Å². The first kappa shape index (κ1) is 17.5. The van der Waals surface area contributed by atoms with Crippen LogP contribution in [0.15, 0.2) is 54.2 Å². The fourth-order valence-electron chi connectivity index (χ4n) is 2.34. The van der Waals surface area contributed by atoms with E-state index in [2.05, 4.69) is 5.32 Å². The zero-order valence-electron chi connectivity index (χ0n) is 13.4. The van der Waals surface area contributed by atoms with E-state index in [-0.39, 0.29) is 12.3 Å². The molecule has 4 amide bonds. The number of carbonyl (C=O) groups excluding carboxylic acids is 3. The van der Waals surface area contributed by atoms with Gasteiger partial charge in [0.1, 0.15) is 11.4 Å². The average molecular weight is 372 g/mol. The number of nitrogens with zero attached hydrogens (tertiary/aromatic N) is 1. The lowest BCUT2D eigenvalue weighted by atomic mass is 10.2. The molecule has 0 aromatic heterocycles. The summed E-state index contributed by atoms with van der Waals surface area (Å²) in [7, 11) is 0. The normalized spacial score (nSPS) is 15.3. The molecule has 1 saturated heterocycles. The van der Waals surface area contributed by atoms with Gasteiger partial charge in [-0.25, -0.2) is 9.69 Å². The van der Waals surface area contributed by atoms with Crippen LogP contribution >= 0.6 is 11.6 Å². The minimum absolute atomic E-state index is 0.149. The lowest BCUT2D eigenvalue weighted by Crippen LogP contribution is -2.30. The Morgan fingerprint density at radius 2 is 1.77 bits per heavy atom. The number of amides is 4. The van der Waals surface area contributed by atoms with Gasteiger partial charge in [-0.15, -0.1) is 0 Å². The second kappa shape index (κ2) is 7.28. The number of carbonyl (C=O) groups is 3. The largest absolute Gasteiger partial charge is 0.484 e. The first-order valence-corrected chi connectivity index (χ1v) is 7.96. The van der Waals surface area contributed by atoms with Crippen molar-refractivity contribution in [2.24, 2.45) is 5.73 Å². The summed E-state index contributed by atoms with van der Waals surface area (Å²) >= 11 is 5.83. The number of nitrogens with two attached hydrogens (primary N) is 1. The highest BCUT2D eigenvalue weighted by molar-refractivity contribution is 6.31. The van der Waals surface area contributed by atoms with E-state index in [1.54, 1.807) is 54.6 Å². The van der Waals surface area contributed by atoms with Gasteiger partial charge in [-0.05, 0) is 48.0 Å². The molecule has 0 atom stereocenters. The van der Waals surface area contributed by atoms with Crippen LogP contribution in [0.5, 0.6) is 5.75 Å². The predicted molar refractivity (Wildman–Crippen MR) is 96.6 cm³/mol. The first-order valence-electron chi connectivity index (χ1n) is 7.58. The zero-order chi connectivity index (χ0) is 18.7. The molecule has 2 aromatic rings. The quantitative estimate of drug-likeness (QED) is 0.621. The molecular weight excluding hydrogens is 358 g/mol. The van der Waals surface area contributed by atoms with Crippen LogP contribution in [0.2, 0.25) is 5.02 Å². The molecule has 1 aliphatic rings. The highest BCUT2D eigenvalue weighted by Gasteiger charge is 2.34. The van der Waals surface area contributed by atoms with Crippen LogP contribution < -0.4 is 20.7 Å². The summed E-state index contributed by atoms with van der Waals surface area (Å²) in [4.78, 5) is 36.4. The Bertz CT molecular complexity index is 892. The number of benzene rings is 2. The Morgan fingerprint density at radius 3 is 2.38 bits per heavy atom. The molecular formula is C18H14ClN3O4. The maximum atomic E-state index is 12.5. The molecule has 132 valence electrons. The van der Waals surface area contributed by atoms with Crippen LogP contribution in [-0.2, 0) is 9.59 Å². The van der Waals surface area contributed by atoms with Crippen molar-refractivity contribution in [2.45, 2.75) is 0 Å². The highest BCUT2D eigenvalue weighted by atomic mass is 35.5. The van der Waals surface area contributed by atoms with Gasteiger partial charge in [0.15, 0.2) is 6.61 Å². The Labute approximate surface area is 154 Å². The lowest BCUT2D eigenvalue weighted by molar-refractivity contribution is -0.120. The van der Waals surface area contributed by atoms with Crippen molar-refractivity contribution in [3.63, 3.8) is 0 Å². The topological polar surface area (TPSA) is 102 Å². The summed E-state index contributed by atoms with van der Waals surface area (Å²) in [5.41, 5.74) is 6.27. The van der Waals surface area contributed by atoms with E-state index in [0.717, 1.165) is 4.90 Å². The number of anilines is 1. The molecule has 3 rings (SSSR count). The van der Waals surface area contributed by atoms with Crippen molar-refractivity contribution >= 4 is 41.2 Å². The van der Waals surface area contributed by atoms with Crippen molar-refractivity contribution < 1.29 is 19.1 Å². The fourth-order valence-corrected chi connectivity index (χ4v) is 2.47. The second-order valence-electron chi connectivity index (χ2n) is 5.43. The van der Waals surface area contributed by atoms with Crippen molar-refractivity contribution in [3.8, 4) is 5.75 Å². The third-order valence-electron chi connectivity index (χ3n) is 3.54. The number of urea groups is 1. The van der Waals surface area contributed by atoms with Gasteiger partial charge >= 0.3 is 6.03 Å². The van der Waals surface area contributed by atoms with Crippen LogP contribution in [0.4, 0.5) is 10.5 Å². The molecule has 0 unspecified atom stereocenters. The van der Waals surface area contributed by atoms with Gasteiger partial charge in [-0.3, -0.25) is 9.59 Å². The summed E-state index contributed by atoms with van der Waals surface area (Å²) in [6, 6.07) is 12.5. The van der Waals surface area contributed by atoms with Gasteiger partial charge in [0.05, 0.1) is 5.69 Å². The van der Waals surface area contributed by atoms with Gasteiger partial charge in [0.25, 0.3) is 11.8 Å². The Morgan fingerprint density at radius 1 is 1.12 bits per heavy atom. The molecule has 0 saturated carbocycles. The molecule has 0 radical (unpaired) electrons. The molecule has 7 nitrogen and oxygen atoms in total. The molecule has 3 N–H and O–H groups in total. The average Bonchev–Trinajstić information content (AvgIpc) is 2.89. The van der Waals surface area contributed by atoms with E-state index in [4.69, 9.17) is 22.1 Å². The van der Waals surface area contributed by atoms with Crippen LogP contribution in [-0.4, -0.2) is 24.5 Å². The van der Waals surface area contributed by atoms with Crippen molar-refractivity contribution in [2.75, 3.05) is 11.5 Å². The van der Waals surface area contributed by atoms with Gasteiger partial charge in [0, 0.05) is 5.02 Å². The maximum Gasteiger partial charge on any atom is 0.333 e. The summed E-state index contributed by atoms with van der Waals surface area (Å²) in [6.07, 6.45) is 1.55. The van der Waals surface area contributed by atoms with Gasteiger partial charge < -0.3 is 15.8 Å². The molecule has 8 heteroatoms. The van der Waals surface area contributed by atoms with E-state index in [1.165, 1.54) is 0 Å². The minimum Gasteiger partial charge on any atom is -0.484 e. The van der Waals surface area contributed by atoms with Gasteiger partial charge in [-0.2, -0.15) is 0 Å². The Balaban J connectivity index is 1.77. The highest BCUT2D eigenvalue weighted by Crippen LogP contribution is 2.24. The first-order chi connectivity index (χ1) is 12.4. The summed E-state index contributed by atoms with van der Waals surface area (Å²) in [5.74, 6) is -0.570. The van der Waals surface area contributed by atoms with E-state index in [9.17, 15) is 14.4 Å². The van der Waals surface area contributed by atoms with Gasteiger partial charge in [-0.1, -0.05) is 23.7 Å². The number of rotatable bonds is 5. The number of primary amides is 1. The zero-order valence-corrected chi connectivity index (χ0v) is 14.2. The lowest BCUT2D eigenvalue weighted by Gasteiger charge is -2.11. The summed E-state index contributed by atoms with van der Waals surface area (Å²) in [6.45, 7) is -0.217. The predicted octanol–water partition coefficient (Wildman–Crippen LogP) is 2.30. The SMILES string of the molecule is NC(=O)COc1ccc(/C=C2/NC(=O)N(c3ccc(Cl)cc3)C2=O)cc1. The van der Waals surface area contributed by atoms with E-state index >= 15 is 0 Å². The van der Waals surface area contributed by atoms with Crippen molar-refractivity contribution in [3.05, 3.63) is 64.8 Å². The maximum absolute atomic E-state index is 12.5. The third-order valence-corrected chi connectivity index (χ3v) is 3.79. The Kier molecular flexibility index (Phi) is 4.90. The Hall–Kier alpha value is -3.32. The number of hydrogen-bond acceptors (Lipinski definition) is 4. The van der Waals surface area contributed by atoms with Crippen LogP contribution in [0, 0.1) is 0 Å².